The highest BCUT2D eigenvalue weighted by Crippen LogP contribution is 2.04. The lowest BCUT2D eigenvalue weighted by Crippen LogP contribution is -2.41. The van der Waals surface area contributed by atoms with Crippen LogP contribution in [-0.2, 0) is 14.4 Å². The molecule has 0 aliphatic carbocycles. The predicted molar refractivity (Wildman–Crippen MR) is 66.8 cm³/mol. The number of amides is 2. The van der Waals surface area contributed by atoms with Crippen LogP contribution in [0.3, 0.4) is 0 Å². The van der Waals surface area contributed by atoms with Crippen LogP contribution >= 0.6 is 0 Å². The van der Waals surface area contributed by atoms with Gasteiger partial charge in [0, 0.05) is 12.8 Å². The van der Waals surface area contributed by atoms with Gasteiger partial charge in [-0.3, -0.25) is 9.59 Å². The molecular formula is C12H22N2O4. The van der Waals surface area contributed by atoms with E-state index in [1.54, 1.807) is 0 Å². The quantitative estimate of drug-likeness (QED) is 0.503. The van der Waals surface area contributed by atoms with Gasteiger partial charge >= 0.3 is 5.97 Å². The zero-order chi connectivity index (χ0) is 14.0. The molecule has 0 rings (SSSR count). The highest BCUT2D eigenvalue weighted by atomic mass is 16.4. The van der Waals surface area contributed by atoms with Gasteiger partial charge < -0.3 is 16.2 Å². The van der Waals surface area contributed by atoms with Crippen molar-refractivity contribution in [2.45, 2.75) is 57.9 Å². The summed E-state index contributed by atoms with van der Waals surface area (Å²) in [5.74, 6) is -2.00. The van der Waals surface area contributed by atoms with E-state index in [4.69, 9.17) is 10.8 Å². The Labute approximate surface area is 107 Å². The first-order chi connectivity index (χ1) is 8.47. The zero-order valence-electron chi connectivity index (χ0n) is 10.8. The number of rotatable bonds is 10. The van der Waals surface area contributed by atoms with Crippen molar-refractivity contribution in [1.29, 1.82) is 0 Å². The fourth-order valence-corrected chi connectivity index (χ4v) is 1.52. The van der Waals surface area contributed by atoms with Crippen molar-refractivity contribution in [2.24, 2.45) is 5.73 Å². The lowest BCUT2D eigenvalue weighted by Gasteiger charge is -2.13. The Hall–Kier alpha value is -1.59. The summed E-state index contributed by atoms with van der Waals surface area (Å²) in [4.78, 5) is 32.9. The minimum Gasteiger partial charge on any atom is -0.480 e. The van der Waals surface area contributed by atoms with Crippen molar-refractivity contribution in [3.63, 3.8) is 0 Å². The van der Waals surface area contributed by atoms with Crippen molar-refractivity contribution in [3.05, 3.63) is 0 Å². The van der Waals surface area contributed by atoms with E-state index in [0.29, 0.717) is 6.42 Å². The van der Waals surface area contributed by atoms with Gasteiger partial charge in [0.2, 0.25) is 11.8 Å². The van der Waals surface area contributed by atoms with Crippen LogP contribution in [0.25, 0.3) is 0 Å². The Morgan fingerprint density at radius 3 is 2.33 bits per heavy atom. The molecule has 0 aromatic rings. The molecule has 0 heterocycles. The molecule has 18 heavy (non-hydrogen) atoms. The standard InChI is InChI=1S/C12H22N2O4/c1-2-3-4-5-6-11(16)14-9(12(17)18)7-8-10(13)15/h9H,2-8H2,1H3,(H2,13,15)(H,14,16)(H,17,18)/t9-/m1/s1. The molecule has 0 spiro atoms. The van der Waals surface area contributed by atoms with Gasteiger partial charge in [-0.25, -0.2) is 4.79 Å². The van der Waals surface area contributed by atoms with Gasteiger partial charge in [-0.1, -0.05) is 26.2 Å². The van der Waals surface area contributed by atoms with E-state index < -0.39 is 17.9 Å². The number of primary amides is 1. The van der Waals surface area contributed by atoms with Crippen molar-refractivity contribution in [2.75, 3.05) is 0 Å². The van der Waals surface area contributed by atoms with Crippen LogP contribution in [0, 0.1) is 0 Å². The molecule has 4 N–H and O–H groups in total. The van der Waals surface area contributed by atoms with E-state index in [9.17, 15) is 14.4 Å². The number of nitrogens with one attached hydrogen (secondary N) is 1. The number of carboxylic acid groups (broad SMARTS) is 1. The predicted octanol–water partition coefficient (Wildman–Crippen LogP) is 0.792. The average Bonchev–Trinajstić information content (AvgIpc) is 2.29. The minimum atomic E-state index is -1.14. The topological polar surface area (TPSA) is 109 Å². The summed E-state index contributed by atoms with van der Waals surface area (Å²) in [7, 11) is 0. The van der Waals surface area contributed by atoms with E-state index in [2.05, 4.69) is 12.2 Å². The van der Waals surface area contributed by atoms with Gasteiger partial charge in [0.05, 0.1) is 0 Å². The largest absolute Gasteiger partial charge is 0.480 e. The lowest BCUT2D eigenvalue weighted by atomic mass is 10.1. The van der Waals surface area contributed by atoms with Gasteiger partial charge in [0.15, 0.2) is 0 Å². The Balaban J connectivity index is 3.96. The van der Waals surface area contributed by atoms with Crippen LogP contribution in [0.2, 0.25) is 0 Å². The summed E-state index contributed by atoms with van der Waals surface area (Å²) < 4.78 is 0. The third kappa shape index (κ3) is 8.55. The number of hydrogen-bond acceptors (Lipinski definition) is 3. The number of carboxylic acids is 1. The fraction of sp³-hybridized carbons (Fsp3) is 0.750. The Morgan fingerprint density at radius 2 is 1.83 bits per heavy atom. The van der Waals surface area contributed by atoms with Gasteiger partial charge in [-0.15, -0.1) is 0 Å². The average molecular weight is 258 g/mol. The maximum Gasteiger partial charge on any atom is 0.326 e. The molecule has 0 unspecified atom stereocenters. The van der Waals surface area contributed by atoms with E-state index in [-0.39, 0.29) is 18.7 Å². The SMILES string of the molecule is CCCCCCC(=O)N[C@H](CCC(N)=O)C(=O)O. The van der Waals surface area contributed by atoms with Crippen LogP contribution in [-0.4, -0.2) is 28.9 Å². The normalized spacial score (nSPS) is 11.8. The summed E-state index contributed by atoms with van der Waals surface area (Å²) in [5.41, 5.74) is 4.94. The van der Waals surface area contributed by atoms with Gasteiger partial charge in [0.25, 0.3) is 0 Å². The molecule has 0 aliphatic rings. The number of unbranched alkanes of at least 4 members (excludes halogenated alkanes) is 3. The molecule has 1 atom stereocenters. The zero-order valence-corrected chi connectivity index (χ0v) is 10.8. The van der Waals surface area contributed by atoms with Crippen molar-refractivity contribution in [3.8, 4) is 0 Å². The molecule has 104 valence electrons. The van der Waals surface area contributed by atoms with E-state index in [1.165, 1.54) is 0 Å². The molecule has 2 amide bonds. The summed E-state index contributed by atoms with van der Waals surface area (Å²) in [6, 6.07) is -1.03. The monoisotopic (exact) mass is 258 g/mol. The van der Waals surface area contributed by atoms with E-state index >= 15 is 0 Å². The van der Waals surface area contributed by atoms with Gasteiger partial charge in [-0.2, -0.15) is 0 Å². The molecule has 0 aromatic heterocycles. The van der Waals surface area contributed by atoms with Gasteiger partial charge in [-0.05, 0) is 12.8 Å². The second-order valence-corrected chi connectivity index (χ2v) is 4.27. The fourth-order valence-electron chi connectivity index (χ4n) is 1.52. The van der Waals surface area contributed by atoms with Crippen LogP contribution in [0.15, 0.2) is 0 Å². The van der Waals surface area contributed by atoms with Crippen molar-refractivity contribution in [1.82, 2.24) is 5.32 Å². The summed E-state index contributed by atoms with van der Waals surface area (Å²) in [6.07, 6.45) is 4.17. The number of nitrogens with two attached hydrogens (primary N) is 1. The Bertz CT molecular complexity index is 292. The highest BCUT2D eigenvalue weighted by molar-refractivity contribution is 5.84. The van der Waals surface area contributed by atoms with Crippen molar-refractivity contribution >= 4 is 17.8 Å². The molecule has 0 aromatic carbocycles. The number of aliphatic carboxylic acids is 1. The smallest absolute Gasteiger partial charge is 0.326 e. The third-order valence-electron chi connectivity index (χ3n) is 2.57. The van der Waals surface area contributed by atoms with Crippen LogP contribution in [0.1, 0.15) is 51.9 Å². The summed E-state index contributed by atoms with van der Waals surface area (Å²) >= 11 is 0. The second-order valence-electron chi connectivity index (χ2n) is 4.27. The Morgan fingerprint density at radius 1 is 1.17 bits per heavy atom. The first-order valence-corrected chi connectivity index (χ1v) is 6.27. The van der Waals surface area contributed by atoms with E-state index in [0.717, 1.165) is 25.7 Å². The number of hydrogen-bond donors (Lipinski definition) is 3. The molecule has 0 radical (unpaired) electrons. The summed E-state index contributed by atoms with van der Waals surface area (Å²) in [5, 5.41) is 11.3. The molecule has 0 fully saturated rings. The second kappa shape index (κ2) is 9.44. The molecule has 6 heteroatoms. The molecule has 0 bridgehead atoms. The maximum atomic E-state index is 11.5. The van der Waals surface area contributed by atoms with Crippen molar-refractivity contribution < 1.29 is 19.5 Å². The lowest BCUT2D eigenvalue weighted by molar-refractivity contribution is -0.142. The maximum absolute atomic E-state index is 11.5. The number of carbonyl (C=O) groups is 3. The van der Waals surface area contributed by atoms with Gasteiger partial charge in [0.1, 0.15) is 6.04 Å². The third-order valence-corrected chi connectivity index (χ3v) is 2.57. The molecule has 6 nitrogen and oxygen atoms in total. The first-order valence-electron chi connectivity index (χ1n) is 6.27. The first kappa shape index (κ1) is 16.4. The minimum absolute atomic E-state index is 0.0331. The molecule has 0 aliphatic heterocycles. The van der Waals surface area contributed by atoms with Crippen LogP contribution < -0.4 is 11.1 Å². The molecule has 0 saturated carbocycles. The van der Waals surface area contributed by atoms with Crippen LogP contribution in [0.5, 0.6) is 0 Å². The molecule has 0 saturated heterocycles. The van der Waals surface area contributed by atoms with Crippen LogP contribution in [0.4, 0.5) is 0 Å². The highest BCUT2D eigenvalue weighted by Gasteiger charge is 2.19. The van der Waals surface area contributed by atoms with E-state index in [1.807, 2.05) is 0 Å². The Kier molecular flexibility index (Phi) is 8.61. The summed E-state index contributed by atoms with van der Waals surface area (Å²) in [6.45, 7) is 2.07. The molecular weight excluding hydrogens is 236 g/mol. The number of carbonyl (C=O) groups excluding carboxylic acids is 2.